The van der Waals surface area contributed by atoms with Crippen molar-refractivity contribution in [3.63, 3.8) is 0 Å². The summed E-state index contributed by atoms with van der Waals surface area (Å²) in [6.45, 7) is 6.69. The summed E-state index contributed by atoms with van der Waals surface area (Å²) in [7, 11) is 1.83. The maximum absolute atomic E-state index is 12.2. The van der Waals surface area contributed by atoms with E-state index in [0.29, 0.717) is 13.0 Å². The summed E-state index contributed by atoms with van der Waals surface area (Å²) in [6, 6.07) is 6.12. The van der Waals surface area contributed by atoms with Crippen LogP contribution in [0.4, 0.5) is 5.69 Å². The Labute approximate surface area is 120 Å². The second-order valence-electron chi connectivity index (χ2n) is 5.27. The van der Waals surface area contributed by atoms with E-state index < -0.39 is 0 Å². The summed E-state index contributed by atoms with van der Waals surface area (Å²) < 4.78 is 1.81. The van der Waals surface area contributed by atoms with Crippen molar-refractivity contribution in [3.05, 3.63) is 47.3 Å². The predicted molar refractivity (Wildman–Crippen MR) is 80.9 cm³/mol. The van der Waals surface area contributed by atoms with Gasteiger partial charge in [-0.1, -0.05) is 17.7 Å². The van der Waals surface area contributed by atoms with Crippen LogP contribution in [0.5, 0.6) is 0 Å². The van der Waals surface area contributed by atoms with Gasteiger partial charge in [0.25, 0.3) is 0 Å². The largest absolute Gasteiger partial charge is 0.315 e. The van der Waals surface area contributed by atoms with Gasteiger partial charge in [-0.2, -0.15) is 5.10 Å². The minimum atomic E-state index is 0.102. The molecule has 0 saturated heterocycles. The van der Waals surface area contributed by atoms with Gasteiger partial charge in [0.15, 0.2) is 0 Å². The van der Waals surface area contributed by atoms with Gasteiger partial charge in [-0.3, -0.25) is 9.48 Å². The lowest BCUT2D eigenvalue weighted by Gasteiger charge is -2.20. The molecule has 0 N–H and O–H groups in total. The Morgan fingerprint density at radius 2 is 2.00 bits per heavy atom. The molecule has 0 saturated carbocycles. The number of benzene rings is 1. The highest BCUT2D eigenvalue weighted by atomic mass is 16.2. The summed E-state index contributed by atoms with van der Waals surface area (Å²) in [6.07, 6.45) is 4.20. The minimum absolute atomic E-state index is 0.102. The number of hydrogen-bond acceptors (Lipinski definition) is 2. The van der Waals surface area contributed by atoms with Crippen LogP contribution in [-0.4, -0.2) is 22.7 Å². The van der Waals surface area contributed by atoms with Crippen LogP contribution in [0.25, 0.3) is 0 Å². The maximum Gasteiger partial charge on any atom is 0.228 e. The van der Waals surface area contributed by atoms with Gasteiger partial charge < -0.3 is 4.90 Å². The van der Waals surface area contributed by atoms with E-state index in [1.165, 1.54) is 5.56 Å². The van der Waals surface area contributed by atoms with Gasteiger partial charge >= 0.3 is 0 Å². The average Bonchev–Trinajstić information content (AvgIpc) is 2.81. The van der Waals surface area contributed by atoms with Gasteiger partial charge in [0, 0.05) is 31.9 Å². The lowest BCUT2D eigenvalue weighted by Crippen LogP contribution is -2.27. The molecule has 0 aliphatic rings. The fourth-order valence-electron chi connectivity index (χ4n) is 2.28. The summed E-state index contributed by atoms with van der Waals surface area (Å²) in [4.78, 5) is 14.0. The number of aromatic nitrogens is 2. The lowest BCUT2D eigenvalue weighted by atomic mass is 10.1. The SMILES string of the molecule is Cc1ccc(N(C)C(=O)CCn2cc(C)cn2)c(C)c1. The van der Waals surface area contributed by atoms with Gasteiger partial charge in [0.1, 0.15) is 0 Å². The number of rotatable bonds is 4. The zero-order valence-electron chi connectivity index (χ0n) is 12.6. The molecule has 1 aromatic carbocycles. The highest BCUT2D eigenvalue weighted by Crippen LogP contribution is 2.20. The van der Waals surface area contributed by atoms with E-state index in [9.17, 15) is 4.79 Å². The van der Waals surface area contributed by atoms with Crippen molar-refractivity contribution in [2.24, 2.45) is 0 Å². The molecule has 0 bridgehead atoms. The van der Waals surface area contributed by atoms with Crippen molar-refractivity contribution in [1.29, 1.82) is 0 Å². The van der Waals surface area contributed by atoms with Crippen LogP contribution >= 0.6 is 0 Å². The van der Waals surface area contributed by atoms with Gasteiger partial charge in [-0.05, 0) is 38.0 Å². The quantitative estimate of drug-likeness (QED) is 0.857. The minimum Gasteiger partial charge on any atom is -0.315 e. The van der Waals surface area contributed by atoms with Crippen molar-refractivity contribution in [3.8, 4) is 0 Å². The normalized spacial score (nSPS) is 10.6. The third kappa shape index (κ3) is 3.26. The van der Waals surface area contributed by atoms with Crippen LogP contribution in [0.15, 0.2) is 30.6 Å². The van der Waals surface area contributed by atoms with Crippen LogP contribution in [0, 0.1) is 20.8 Å². The smallest absolute Gasteiger partial charge is 0.228 e. The number of anilines is 1. The predicted octanol–water partition coefficient (Wildman–Crippen LogP) is 2.86. The highest BCUT2D eigenvalue weighted by molar-refractivity contribution is 5.93. The zero-order chi connectivity index (χ0) is 14.7. The van der Waals surface area contributed by atoms with E-state index in [2.05, 4.69) is 18.1 Å². The Kier molecular flexibility index (Phi) is 4.23. The molecule has 0 atom stereocenters. The number of aryl methyl sites for hydroxylation is 4. The van der Waals surface area contributed by atoms with Gasteiger partial charge in [-0.25, -0.2) is 0 Å². The molecule has 2 rings (SSSR count). The maximum atomic E-state index is 12.2. The molecular weight excluding hydrogens is 250 g/mol. The molecule has 0 aliphatic heterocycles. The van der Waals surface area contributed by atoms with Crippen LogP contribution in [0.2, 0.25) is 0 Å². The van der Waals surface area contributed by atoms with Crippen LogP contribution in [-0.2, 0) is 11.3 Å². The van der Waals surface area contributed by atoms with E-state index in [1.54, 1.807) is 11.1 Å². The summed E-state index contributed by atoms with van der Waals surface area (Å²) in [5, 5.41) is 4.19. The number of nitrogens with zero attached hydrogens (tertiary/aromatic N) is 3. The third-order valence-electron chi connectivity index (χ3n) is 3.40. The molecule has 106 valence electrons. The Morgan fingerprint density at radius 1 is 1.25 bits per heavy atom. The Morgan fingerprint density at radius 3 is 2.60 bits per heavy atom. The number of carbonyl (C=O) groups is 1. The standard InChI is InChI=1S/C16H21N3O/c1-12-5-6-15(14(3)9-12)18(4)16(20)7-8-19-11-13(2)10-17-19/h5-6,9-11H,7-8H2,1-4H3. The number of carbonyl (C=O) groups excluding carboxylic acids is 1. The summed E-state index contributed by atoms with van der Waals surface area (Å²) in [5.41, 5.74) is 4.41. The number of hydrogen-bond donors (Lipinski definition) is 0. The van der Waals surface area contributed by atoms with Crippen molar-refractivity contribution >= 4 is 11.6 Å². The molecule has 0 aliphatic carbocycles. The molecule has 1 heterocycles. The monoisotopic (exact) mass is 271 g/mol. The van der Waals surface area contributed by atoms with Crippen LogP contribution in [0.3, 0.4) is 0 Å². The summed E-state index contributed by atoms with van der Waals surface area (Å²) in [5.74, 6) is 0.102. The Balaban J connectivity index is 2.01. The first-order chi connectivity index (χ1) is 9.47. The molecule has 20 heavy (non-hydrogen) atoms. The average molecular weight is 271 g/mol. The topological polar surface area (TPSA) is 38.1 Å². The second kappa shape index (κ2) is 5.90. The fourth-order valence-corrected chi connectivity index (χ4v) is 2.28. The lowest BCUT2D eigenvalue weighted by molar-refractivity contribution is -0.118. The van der Waals surface area contributed by atoms with Crippen molar-refractivity contribution in [2.45, 2.75) is 33.7 Å². The third-order valence-corrected chi connectivity index (χ3v) is 3.40. The molecule has 1 amide bonds. The van der Waals surface area contributed by atoms with E-state index in [0.717, 1.165) is 16.8 Å². The Hall–Kier alpha value is -2.10. The van der Waals surface area contributed by atoms with Crippen molar-refractivity contribution < 1.29 is 4.79 Å². The molecule has 2 aromatic rings. The van der Waals surface area contributed by atoms with Gasteiger partial charge in [-0.15, -0.1) is 0 Å². The van der Waals surface area contributed by atoms with Gasteiger partial charge in [0.05, 0.1) is 6.20 Å². The van der Waals surface area contributed by atoms with E-state index >= 15 is 0 Å². The fraction of sp³-hybridized carbons (Fsp3) is 0.375. The molecule has 4 heteroatoms. The first-order valence-corrected chi connectivity index (χ1v) is 6.80. The van der Waals surface area contributed by atoms with Crippen molar-refractivity contribution in [1.82, 2.24) is 9.78 Å². The van der Waals surface area contributed by atoms with E-state index in [-0.39, 0.29) is 5.91 Å². The number of amides is 1. The van der Waals surface area contributed by atoms with E-state index in [1.807, 2.05) is 43.9 Å². The molecule has 0 fully saturated rings. The van der Waals surface area contributed by atoms with Crippen LogP contribution in [0.1, 0.15) is 23.1 Å². The molecule has 4 nitrogen and oxygen atoms in total. The van der Waals surface area contributed by atoms with E-state index in [4.69, 9.17) is 0 Å². The molecule has 0 unspecified atom stereocenters. The Bertz CT molecular complexity index is 616. The highest BCUT2D eigenvalue weighted by Gasteiger charge is 2.13. The molecule has 1 aromatic heterocycles. The molecule has 0 spiro atoms. The van der Waals surface area contributed by atoms with Crippen LogP contribution < -0.4 is 4.90 Å². The first kappa shape index (κ1) is 14.3. The summed E-state index contributed by atoms with van der Waals surface area (Å²) >= 11 is 0. The molecular formula is C16H21N3O. The van der Waals surface area contributed by atoms with Gasteiger partial charge in [0.2, 0.25) is 5.91 Å². The first-order valence-electron chi connectivity index (χ1n) is 6.80. The second-order valence-corrected chi connectivity index (χ2v) is 5.27. The molecule has 0 radical (unpaired) electrons. The van der Waals surface area contributed by atoms with Crippen molar-refractivity contribution in [2.75, 3.05) is 11.9 Å². The zero-order valence-corrected chi connectivity index (χ0v) is 12.6.